The largest absolute Gasteiger partial charge is 0.383 e. The van der Waals surface area contributed by atoms with E-state index in [4.69, 9.17) is 10.5 Å². The number of halogens is 1. The summed E-state index contributed by atoms with van der Waals surface area (Å²) in [5.74, 6) is 1.15. The van der Waals surface area contributed by atoms with Gasteiger partial charge in [-0.3, -0.25) is 0 Å². The van der Waals surface area contributed by atoms with Crippen LogP contribution in [0.3, 0.4) is 0 Å². The molecule has 0 aliphatic rings. The second-order valence-corrected chi connectivity index (χ2v) is 3.67. The molecule has 0 amide bonds. The quantitative estimate of drug-likeness (QED) is 0.348. The van der Waals surface area contributed by atoms with Crippen LogP contribution in [0.2, 0.25) is 0 Å². The van der Waals surface area contributed by atoms with Crippen LogP contribution < -0.4 is 11.1 Å². The molecule has 18 heavy (non-hydrogen) atoms. The Morgan fingerprint density at radius 2 is 2.17 bits per heavy atom. The van der Waals surface area contributed by atoms with E-state index in [2.05, 4.69) is 20.3 Å². The Balaban J connectivity index is 0.00000289. The fourth-order valence-corrected chi connectivity index (χ4v) is 1.38. The number of hydrogen-bond donors (Lipinski definition) is 2. The lowest BCUT2D eigenvalue weighted by Gasteiger charge is -2.05. The number of nitrogens with zero attached hydrogens (tertiary/aromatic N) is 3. The van der Waals surface area contributed by atoms with Crippen molar-refractivity contribution in [2.45, 2.75) is 20.4 Å². The minimum Gasteiger partial charge on any atom is -0.383 e. The summed E-state index contributed by atoms with van der Waals surface area (Å²) in [7, 11) is 1.64. The zero-order valence-corrected chi connectivity index (χ0v) is 13.3. The van der Waals surface area contributed by atoms with Gasteiger partial charge in [0.15, 0.2) is 5.96 Å². The van der Waals surface area contributed by atoms with Crippen molar-refractivity contribution in [2.24, 2.45) is 10.7 Å². The first-order chi connectivity index (χ1) is 8.11. The van der Waals surface area contributed by atoms with Gasteiger partial charge in [0.25, 0.3) is 0 Å². The van der Waals surface area contributed by atoms with Gasteiger partial charge in [0.05, 0.1) is 18.8 Å². The molecular formula is C11H20IN5O. The number of nitrogens with two attached hydrogens (primary N) is 1. The first-order valence-electron chi connectivity index (χ1n) is 5.45. The fraction of sp³-hybridized carbons (Fsp3) is 0.545. The van der Waals surface area contributed by atoms with Crippen molar-refractivity contribution in [3.05, 3.63) is 23.3 Å². The highest BCUT2D eigenvalue weighted by Gasteiger charge is 1.98. The highest BCUT2D eigenvalue weighted by atomic mass is 127. The number of aromatic nitrogens is 2. The Kier molecular flexibility index (Phi) is 8.55. The van der Waals surface area contributed by atoms with Gasteiger partial charge in [-0.1, -0.05) is 0 Å². The number of guanidine groups is 1. The smallest absolute Gasteiger partial charge is 0.189 e. The third kappa shape index (κ3) is 6.70. The molecule has 102 valence electrons. The van der Waals surface area contributed by atoms with Gasteiger partial charge in [0.1, 0.15) is 5.82 Å². The average molecular weight is 365 g/mol. The predicted molar refractivity (Wildman–Crippen MR) is 82.1 cm³/mol. The van der Waals surface area contributed by atoms with E-state index in [1.54, 1.807) is 7.11 Å². The van der Waals surface area contributed by atoms with Crippen molar-refractivity contribution in [3.63, 3.8) is 0 Å². The van der Waals surface area contributed by atoms with Crippen LogP contribution in [-0.2, 0) is 11.3 Å². The molecule has 0 aliphatic carbocycles. The number of nitrogens with one attached hydrogen (secondary N) is 1. The molecule has 0 saturated heterocycles. The summed E-state index contributed by atoms with van der Waals surface area (Å²) in [5, 5.41) is 2.94. The molecule has 0 aliphatic heterocycles. The number of rotatable bonds is 5. The number of hydrogen-bond acceptors (Lipinski definition) is 4. The van der Waals surface area contributed by atoms with Gasteiger partial charge in [0.2, 0.25) is 0 Å². The molecule has 0 aromatic carbocycles. The summed E-state index contributed by atoms with van der Waals surface area (Å²) in [6.45, 7) is 5.49. The molecule has 0 fully saturated rings. The van der Waals surface area contributed by atoms with Crippen molar-refractivity contribution in [1.29, 1.82) is 0 Å². The standard InChI is InChI=1S/C11H19N5O.HI/c1-8-6-10(16-9(2)15-8)7-14-11(12)13-4-5-17-3;/h6H,4-5,7H2,1-3H3,(H3,12,13,14);1H. The summed E-state index contributed by atoms with van der Waals surface area (Å²) in [6.07, 6.45) is 0. The SMILES string of the molecule is COCCNC(N)=NCc1cc(C)nc(C)n1.I. The average Bonchev–Trinajstić information content (AvgIpc) is 2.25. The van der Waals surface area contributed by atoms with Crippen LogP contribution in [0.25, 0.3) is 0 Å². The Hall–Kier alpha value is -0.960. The predicted octanol–water partition coefficient (Wildman–Crippen LogP) is 0.762. The molecule has 1 rings (SSSR count). The molecule has 1 aromatic heterocycles. The van der Waals surface area contributed by atoms with Gasteiger partial charge < -0.3 is 15.8 Å². The van der Waals surface area contributed by atoms with Gasteiger partial charge in [-0.05, 0) is 19.9 Å². The van der Waals surface area contributed by atoms with Crippen molar-refractivity contribution in [3.8, 4) is 0 Å². The Morgan fingerprint density at radius 1 is 1.44 bits per heavy atom. The van der Waals surface area contributed by atoms with Crippen molar-refractivity contribution < 1.29 is 4.74 Å². The van der Waals surface area contributed by atoms with E-state index in [1.807, 2.05) is 19.9 Å². The minimum atomic E-state index is 0. The van der Waals surface area contributed by atoms with E-state index in [9.17, 15) is 0 Å². The summed E-state index contributed by atoms with van der Waals surface area (Å²) >= 11 is 0. The van der Waals surface area contributed by atoms with Gasteiger partial charge in [-0.25, -0.2) is 15.0 Å². The molecule has 0 saturated carbocycles. The molecule has 0 unspecified atom stereocenters. The van der Waals surface area contributed by atoms with Gasteiger partial charge >= 0.3 is 0 Å². The van der Waals surface area contributed by atoms with Gasteiger partial charge in [-0.15, -0.1) is 24.0 Å². The van der Waals surface area contributed by atoms with Gasteiger partial charge in [0, 0.05) is 19.3 Å². The van der Waals surface area contributed by atoms with E-state index in [1.165, 1.54) is 0 Å². The van der Waals surface area contributed by atoms with Crippen LogP contribution in [0.5, 0.6) is 0 Å². The lowest BCUT2D eigenvalue weighted by atomic mass is 10.3. The Bertz CT molecular complexity index is 377. The van der Waals surface area contributed by atoms with Crippen LogP contribution in [0.15, 0.2) is 11.1 Å². The van der Waals surface area contributed by atoms with E-state index in [0.29, 0.717) is 25.7 Å². The third-order valence-electron chi connectivity index (χ3n) is 2.04. The molecule has 3 N–H and O–H groups in total. The fourth-order valence-electron chi connectivity index (χ4n) is 1.38. The van der Waals surface area contributed by atoms with E-state index in [-0.39, 0.29) is 24.0 Å². The summed E-state index contributed by atoms with van der Waals surface area (Å²) in [6, 6.07) is 1.90. The second kappa shape index (κ2) is 9.03. The highest BCUT2D eigenvalue weighted by molar-refractivity contribution is 14.0. The van der Waals surface area contributed by atoms with Crippen molar-refractivity contribution in [2.75, 3.05) is 20.3 Å². The van der Waals surface area contributed by atoms with E-state index >= 15 is 0 Å². The monoisotopic (exact) mass is 365 g/mol. The number of ether oxygens (including phenoxy) is 1. The van der Waals surface area contributed by atoms with Crippen LogP contribution in [0.4, 0.5) is 0 Å². The van der Waals surface area contributed by atoms with Crippen molar-refractivity contribution >= 4 is 29.9 Å². The maximum Gasteiger partial charge on any atom is 0.189 e. The summed E-state index contributed by atoms with van der Waals surface area (Å²) in [5.41, 5.74) is 7.48. The minimum absolute atomic E-state index is 0. The van der Waals surface area contributed by atoms with E-state index in [0.717, 1.165) is 17.2 Å². The van der Waals surface area contributed by atoms with Crippen LogP contribution >= 0.6 is 24.0 Å². The zero-order chi connectivity index (χ0) is 12.7. The highest BCUT2D eigenvalue weighted by Crippen LogP contribution is 2.01. The Labute approximate surface area is 124 Å². The molecule has 1 heterocycles. The molecule has 0 bridgehead atoms. The first kappa shape index (κ1) is 17.0. The topological polar surface area (TPSA) is 85.4 Å². The molecule has 6 nitrogen and oxygen atoms in total. The molecular weight excluding hydrogens is 345 g/mol. The number of aliphatic imine (C=N–C) groups is 1. The maximum atomic E-state index is 5.68. The zero-order valence-electron chi connectivity index (χ0n) is 10.9. The molecule has 0 spiro atoms. The van der Waals surface area contributed by atoms with Gasteiger partial charge in [-0.2, -0.15) is 0 Å². The normalized spacial score (nSPS) is 10.9. The third-order valence-corrected chi connectivity index (χ3v) is 2.04. The number of aryl methyl sites for hydroxylation is 2. The molecule has 0 radical (unpaired) electrons. The summed E-state index contributed by atoms with van der Waals surface area (Å²) < 4.78 is 4.89. The second-order valence-electron chi connectivity index (χ2n) is 3.67. The molecule has 0 atom stereocenters. The summed E-state index contributed by atoms with van der Waals surface area (Å²) in [4.78, 5) is 12.7. The lowest BCUT2D eigenvalue weighted by molar-refractivity contribution is 0.204. The van der Waals surface area contributed by atoms with Crippen LogP contribution in [0.1, 0.15) is 17.2 Å². The number of methoxy groups -OCH3 is 1. The molecule has 1 aromatic rings. The van der Waals surface area contributed by atoms with Crippen molar-refractivity contribution in [1.82, 2.24) is 15.3 Å². The lowest BCUT2D eigenvalue weighted by Crippen LogP contribution is -2.34. The van der Waals surface area contributed by atoms with Crippen LogP contribution in [-0.4, -0.2) is 36.2 Å². The Morgan fingerprint density at radius 3 is 2.78 bits per heavy atom. The maximum absolute atomic E-state index is 5.68. The first-order valence-corrected chi connectivity index (χ1v) is 5.45. The van der Waals surface area contributed by atoms with Crippen LogP contribution in [0, 0.1) is 13.8 Å². The van der Waals surface area contributed by atoms with E-state index < -0.39 is 0 Å². The molecule has 7 heteroatoms.